The van der Waals surface area contributed by atoms with Crippen LogP contribution in [0.3, 0.4) is 0 Å². The number of fused-ring (bicyclic) bond motifs is 1. The standard InChI is InChI=1S/C13H15NO4/c1-8(15)14-6-5-9-7-10(16-2)12(17-3)13(18-4)11(9)14/h5-7H,1-4H3. The van der Waals surface area contributed by atoms with Gasteiger partial charge in [-0.2, -0.15) is 0 Å². The van der Waals surface area contributed by atoms with Gasteiger partial charge in [-0.05, 0) is 12.1 Å². The maximum atomic E-state index is 11.6. The van der Waals surface area contributed by atoms with Crippen LogP contribution in [0.4, 0.5) is 0 Å². The van der Waals surface area contributed by atoms with Gasteiger partial charge in [0.2, 0.25) is 11.7 Å². The first-order chi connectivity index (χ1) is 8.63. The summed E-state index contributed by atoms with van der Waals surface area (Å²) in [5, 5.41) is 0.861. The second-order valence-electron chi connectivity index (χ2n) is 3.79. The lowest BCUT2D eigenvalue weighted by Crippen LogP contribution is -2.05. The summed E-state index contributed by atoms with van der Waals surface area (Å²) in [5.41, 5.74) is 0.683. The molecule has 0 aliphatic rings. The second-order valence-corrected chi connectivity index (χ2v) is 3.79. The molecule has 0 unspecified atom stereocenters. The molecule has 2 aromatic rings. The van der Waals surface area contributed by atoms with Crippen molar-refractivity contribution < 1.29 is 19.0 Å². The molecule has 18 heavy (non-hydrogen) atoms. The topological polar surface area (TPSA) is 49.7 Å². The summed E-state index contributed by atoms with van der Waals surface area (Å²) in [6.07, 6.45) is 1.70. The van der Waals surface area contributed by atoms with Gasteiger partial charge >= 0.3 is 0 Å². The Labute approximate surface area is 105 Å². The Balaban J connectivity index is 2.87. The third kappa shape index (κ3) is 1.68. The molecular weight excluding hydrogens is 234 g/mol. The number of benzene rings is 1. The number of hydrogen-bond acceptors (Lipinski definition) is 4. The summed E-state index contributed by atoms with van der Waals surface area (Å²) in [6.45, 7) is 1.50. The summed E-state index contributed by atoms with van der Waals surface area (Å²) in [7, 11) is 4.63. The molecule has 0 aliphatic carbocycles. The third-order valence-corrected chi connectivity index (χ3v) is 2.82. The van der Waals surface area contributed by atoms with Crippen molar-refractivity contribution in [1.82, 2.24) is 4.57 Å². The molecule has 5 nitrogen and oxygen atoms in total. The van der Waals surface area contributed by atoms with Crippen molar-refractivity contribution in [2.45, 2.75) is 6.92 Å². The van der Waals surface area contributed by atoms with E-state index >= 15 is 0 Å². The smallest absolute Gasteiger partial charge is 0.228 e. The molecule has 0 saturated heterocycles. The van der Waals surface area contributed by atoms with E-state index in [0.717, 1.165) is 5.39 Å². The molecule has 0 aliphatic heterocycles. The normalized spacial score (nSPS) is 10.4. The number of hydrogen-bond donors (Lipinski definition) is 0. The van der Waals surface area contributed by atoms with Gasteiger partial charge in [0.1, 0.15) is 5.52 Å². The zero-order valence-electron chi connectivity index (χ0n) is 10.8. The van der Waals surface area contributed by atoms with E-state index in [0.29, 0.717) is 22.8 Å². The zero-order valence-corrected chi connectivity index (χ0v) is 10.8. The van der Waals surface area contributed by atoms with Gasteiger partial charge in [-0.1, -0.05) is 0 Å². The summed E-state index contributed by atoms with van der Waals surface area (Å²) >= 11 is 0. The van der Waals surface area contributed by atoms with E-state index in [1.165, 1.54) is 25.7 Å². The van der Waals surface area contributed by atoms with Gasteiger partial charge in [-0.25, -0.2) is 0 Å². The second kappa shape index (κ2) is 4.60. The fourth-order valence-corrected chi connectivity index (χ4v) is 2.03. The minimum Gasteiger partial charge on any atom is -0.493 e. The van der Waals surface area contributed by atoms with Crippen LogP contribution in [0.5, 0.6) is 17.2 Å². The van der Waals surface area contributed by atoms with Crippen molar-refractivity contribution in [3.63, 3.8) is 0 Å². The molecule has 0 fully saturated rings. The lowest BCUT2D eigenvalue weighted by Gasteiger charge is -2.14. The highest BCUT2D eigenvalue weighted by atomic mass is 16.5. The number of ether oxygens (including phenoxy) is 3. The van der Waals surface area contributed by atoms with Gasteiger partial charge in [0, 0.05) is 18.5 Å². The molecule has 0 saturated carbocycles. The Morgan fingerprint density at radius 1 is 1.11 bits per heavy atom. The van der Waals surface area contributed by atoms with Crippen LogP contribution in [0.1, 0.15) is 11.7 Å². The highest BCUT2D eigenvalue weighted by molar-refractivity contribution is 5.97. The van der Waals surface area contributed by atoms with Crippen molar-refractivity contribution in [2.75, 3.05) is 21.3 Å². The summed E-state index contributed by atoms with van der Waals surface area (Å²) in [5.74, 6) is 1.46. The van der Waals surface area contributed by atoms with Crippen molar-refractivity contribution in [3.8, 4) is 17.2 Å². The van der Waals surface area contributed by atoms with Crippen molar-refractivity contribution in [1.29, 1.82) is 0 Å². The number of nitrogens with zero attached hydrogens (tertiary/aromatic N) is 1. The molecule has 0 bridgehead atoms. The van der Waals surface area contributed by atoms with Crippen LogP contribution in [0.15, 0.2) is 18.3 Å². The fourth-order valence-electron chi connectivity index (χ4n) is 2.03. The van der Waals surface area contributed by atoms with Crippen molar-refractivity contribution in [2.24, 2.45) is 0 Å². The fraction of sp³-hybridized carbons (Fsp3) is 0.308. The molecule has 1 aromatic heterocycles. The Bertz CT molecular complexity index is 601. The van der Waals surface area contributed by atoms with Gasteiger partial charge in [0.05, 0.1) is 21.3 Å². The predicted octanol–water partition coefficient (Wildman–Crippen LogP) is 2.33. The monoisotopic (exact) mass is 249 g/mol. The Kier molecular flexibility index (Phi) is 3.14. The highest BCUT2D eigenvalue weighted by Gasteiger charge is 2.19. The van der Waals surface area contributed by atoms with E-state index in [1.54, 1.807) is 13.3 Å². The molecule has 5 heteroatoms. The minimum atomic E-state index is -0.0875. The van der Waals surface area contributed by atoms with Crippen LogP contribution in [-0.4, -0.2) is 31.8 Å². The number of carbonyl (C=O) groups excluding carboxylic acids is 1. The van der Waals surface area contributed by atoms with E-state index in [-0.39, 0.29) is 5.91 Å². The Morgan fingerprint density at radius 3 is 2.28 bits per heavy atom. The average Bonchev–Trinajstić information content (AvgIpc) is 2.79. The molecule has 1 heterocycles. The van der Waals surface area contributed by atoms with E-state index < -0.39 is 0 Å². The number of methoxy groups -OCH3 is 3. The van der Waals surface area contributed by atoms with Gasteiger partial charge in [0.15, 0.2) is 11.5 Å². The molecule has 1 aromatic carbocycles. The Morgan fingerprint density at radius 2 is 1.78 bits per heavy atom. The SMILES string of the molecule is COc1cc2ccn(C(C)=O)c2c(OC)c1OC. The van der Waals surface area contributed by atoms with E-state index in [2.05, 4.69) is 0 Å². The van der Waals surface area contributed by atoms with Gasteiger partial charge < -0.3 is 14.2 Å². The van der Waals surface area contributed by atoms with Crippen LogP contribution in [-0.2, 0) is 0 Å². The molecule has 0 radical (unpaired) electrons. The lowest BCUT2D eigenvalue weighted by atomic mass is 10.2. The van der Waals surface area contributed by atoms with Crippen LogP contribution in [0.2, 0.25) is 0 Å². The van der Waals surface area contributed by atoms with Crippen molar-refractivity contribution >= 4 is 16.8 Å². The quantitative estimate of drug-likeness (QED) is 0.837. The summed E-state index contributed by atoms with van der Waals surface area (Å²) in [4.78, 5) is 11.6. The molecule has 96 valence electrons. The average molecular weight is 249 g/mol. The molecule has 0 amide bonds. The largest absolute Gasteiger partial charge is 0.493 e. The third-order valence-electron chi connectivity index (χ3n) is 2.82. The zero-order chi connectivity index (χ0) is 13.3. The van der Waals surface area contributed by atoms with Gasteiger partial charge in [-0.15, -0.1) is 0 Å². The van der Waals surface area contributed by atoms with Crippen LogP contribution in [0, 0.1) is 0 Å². The van der Waals surface area contributed by atoms with Gasteiger partial charge in [-0.3, -0.25) is 9.36 Å². The maximum Gasteiger partial charge on any atom is 0.228 e. The molecule has 0 atom stereocenters. The summed E-state index contributed by atoms with van der Waals surface area (Å²) < 4.78 is 17.4. The Hall–Kier alpha value is -2.17. The molecule has 0 N–H and O–H groups in total. The maximum absolute atomic E-state index is 11.6. The number of aromatic nitrogens is 1. The van der Waals surface area contributed by atoms with E-state index in [1.807, 2.05) is 12.1 Å². The first-order valence-corrected chi connectivity index (χ1v) is 5.45. The first kappa shape index (κ1) is 12.3. The van der Waals surface area contributed by atoms with E-state index in [4.69, 9.17) is 14.2 Å². The van der Waals surface area contributed by atoms with Crippen LogP contribution >= 0.6 is 0 Å². The number of carbonyl (C=O) groups is 1. The van der Waals surface area contributed by atoms with E-state index in [9.17, 15) is 4.79 Å². The highest BCUT2D eigenvalue weighted by Crippen LogP contribution is 2.43. The minimum absolute atomic E-state index is 0.0875. The molecule has 0 spiro atoms. The molecular formula is C13H15NO4. The van der Waals surface area contributed by atoms with Gasteiger partial charge in [0.25, 0.3) is 0 Å². The van der Waals surface area contributed by atoms with Crippen LogP contribution in [0.25, 0.3) is 10.9 Å². The summed E-state index contributed by atoms with van der Waals surface area (Å²) in [6, 6.07) is 3.65. The lowest BCUT2D eigenvalue weighted by molar-refractivity contribution is 0.0941. The van der Waals surface area contributed by atoms with Crippen LogP contribution < -0.4 is 14.2 Å². The predicted molar refractivity (Wildman–Crippen MR) is 67.9 cm³/mol. The van der Waals surface area contributed by atoms with Crippen molar-refractivity contribution in [3.05, 3.63) is 18.3 Å². The first-order valence-electron chi connectivity index (χ1n) is 5.45. The molecule has 2 rings (SSSR count). The number of rotatable bonds is 3.